The molecule has 2 aromatic rings. The first-order valence-electron chi connectivity index (χ1n) is 14.5. The van der Waals surface area contributed by atoms with E-state index in [4.69, 9.17) is 0 Å². The lowest BCUT2D eigenvalue weighted by molar-refractivity contribution is -0.141. The number of anilines is 1. The molecule has 4 fully saturated rings. The van der Waals surface area contributed by atoms with Crippen molar-refractivity contribution in [1.29, 1.82) is 0 Å². The number of urea groups is 1. The van der Waals surface area contributed by atoms with Crippen molar-refractivity contribution in [3.8, 4) is 11.1 Å². The highest BCUT2D eigenvalue weighted by molar-refractivity contribution is 5.86. The van der Waals surface area contributed by atoms with Gasteiger partial charge < -0.3 is 24.7 Å². The van der Waals surface area contributed by atoms with Crippen LogP contribution in [0.3, 0.4) is 0 Å². The first-order chi connectivity index (χ1) is 18.5. The normalized spacial score (nSPS) is 28.3. The predicted octanol–water partition coefficient (Wildman–Crippen LogP) is 4.21. The van der Waals surface area contributed by atoms with Crippen LogP contribution in [0.2, 0.25) is 0 Å². The quantitative estimate of drug-likeness (QED) is 0.664. The number of piperidine rings is 1. The van der Waals surface area contributed by atoms with Gasteiger partial charge in [0.25, 0.3) is 0 Å². The fraction of sp³-hybridized carbons (Fsp3) is 0.548. The van der Waals surface area contributed by atoms with Gasteiger partial charge in [0.05, 0.1) is 11.5 Å². The Labute approximate surface area is 226 Å². The number of carbonyl (C=O) groups is 2. The number of piperazine rings is 1. The summed E-state index contributed by atoms with van der Waals surface area (Å²) in [6, 6.07) is 19.5. The van der Waals surface area contributed by atoms with Crippen LogP contribution in [0.4, 0.5) is 10.5 Å². The summed E-state index contributed by atoms with van der Waals surface area (Å²) < 4.78 is 0. The molecular formula is C31H40N4O3. The number of benzene rings is 2. The Kier molecular flexibility index (Phi) is 7.04. The minimum Gasteiger partial charge on any atom is -0.393 e. The largest absolute Gasteiger partial charge is 0.393 e. The number of hydrogen-bond donors (Lipinski definition) is 1. The third-order valence-corrected chi connectivity index (χ3v) is 9.39. The number of hydrogen-bond acceptors (Lipinski definition) is 4. The molecule has 38 heavy (non-hydrogen) atoms. The highest BCUT2D eigenvalue weighted by Crippen LogP contribution is 2.42. The van der Waals surface area contributed by atoms with Crippen LogP contribution in [0, 0.1) is 5.41 Å². The highest BCUT2D eigenvalue weighted by Gasteiger charge is 2.51. The fourth-order valence-corrected chi connectivity index (χ4v) is 7.09. The SMILES string of the molecule is O=C(N1CCN(c2ccc(-c3ccccc3)cc2)CC1)N1CCC[C@@]2(CCN([C@H]3CC[C@H](O)CC3)C2=O)C1. The second kappa shape index (κ2) is 10.6. The Morgan fingerprint density at radius 1 is 0.763 bits per heavy atom. The summed E-state index contributed by atoms with van der Waals surface area (Å²) in [6.07, 6.45) is 5.77. The average molecular weight is 517 g/mol. The number of amides is 3. The molecule has 1 aliphatic carbocycles. The fourth-order valence-electron chi connectivity index (χ4n) is 7.09. The first kappa shape index (κ1) is 25.2. The van der Waals surface area contributed by atoms with Gasteiger partial charge in [-0.2, -0.15) is 0 Å². The van der Waals surface area contributed by atoms with Crippen molar-refractivity contribution >= 4 is 17.6 Å². The number of nitrogens with zero attached hydrogens (tertiary/aromatic N) is 4. The third kappa shape index (κ3) is 4.89. The standard InChI is InChI=1S/C31H40N4O3/c36-28-13-11-27(12-14-28)35-18-16-31(29(35)37)15-4-17-34(23-31)30(38)33-21-19-32(20-22-33)26-9-7-25(8-10-26)24-5-2-1-3-6-24/h1-3,5-10,27-28,36H,4,11-23H2/t27-,28-,31-/m1/s1. The van der Waals surface area contributed by atoms with Gasteiger partial charge in [-0.05, 0) is 68.2 Å². The molecule has 3 amide bonds. The molecule has 4 aliphatic rings. The smallest absolute Gasteiger partial charge is 0.320 e. The van der Waals surface area contributed by atoms with E-state index >= 15 is 0 Å². The molecule has 0 unspecified atom stereocenters. The first-order valence-corrected chi connectivity index (χ1v) is 14.5. The van der Waals surface area contributed by atoms with Gasteiger partial charge in [-0.15, -0.1) is 0 Å². The van der Waals surface area contributed by atoms with Gasteiger partial charge in [0.15, 0.2) is 0 Å². The number of likely N-dealkylation sites (tertiary alicyclic amines) is 2. The molecule has 7 nitrogen and oxygen atoms in total. The Morgan fingerprint density at radius 3 is 2.16 bits per heavy atom. The summed E-state index contributed by atoms with van der Waals surface area (Å²) in [5, 5.41) is 9.88. The van der Waals surface area contributed by atoms with Crippen molar-refractivity contribution in [2.75, 3.05) is 50.7 Å². The van der Waals surface area contributed by atoms with Crippen LogP contribution < -0.4 is 4.90 Å². The molecular weight excluding hydrogens is 476 g/mol. The Bertz CT molecular complexity index is 1120. The molecule has 0 aromatic heterocycles. The predicted molar refractivity (Wildman–Crippen MR) is 149 cm³/mol. The Hall–Kier alpha value is -3.06. The lowest BCUT2D eigenvalue weighted by atomic mass is 9.78. The zero-order valence-corrected chi connectivity index (χ0v) is 22.3. The molecule has 1 atom stereocenters. The molecule has 1 N–H and O–H groups in total. The third-order valence-electron chi connectivity index (χ3n) is 9.39. The van der Waals surface area contributed by atoms with Crippen molar-refractivity contribution in [2.24, 2.45) is 5.41 Å². The van der Waals surface area contributed by atoms with E-state index in [2.05, 4.69) is 58.3 Å². The summed E-state index contributed by atoms with van der Waals surface area (Å²) >= 11 is 0. The highest BCUT2D eigenvalue weighted by atomic mass is 16.3. The van der Waals surface area contributed by atoms with Gasteiger partial charge in [-0.3, -0.25) is 4.79 Å². The second-order valence-corrected chi connectivity index (χ2v) is 11.7. The van der Waals surface area contributed by atoms with E-state index in [0.717, 1.165) is 71.1 Å². The van der Waals surface area contributed by atoms with Crippen LogP contribution in [-0.2, 0) is 4.79 Å². The second-order valence-electron chi connectivity index (χ2n) is 11.7. The molecule has 0 radical (unpaired) electrons. The summed E-state index contributed by atoms with van der Waals surface area (Å²) in [4.78, 5) is 35.6. The van der Waals surface area contributed by atoms with E-state index in [1.807, 2.05) is 15.9 Å². The molecule has 3 saturated heterocycles. The molecule has 1 saturated carbocycles. The van der Waals surface area contributed by atoms with E-state index in [1.165, 1.54) is 16.8 Å². The molecule has 1 spiro atoms. The number of aliphatic hydroxyl groups is 1. The van der Waals surface area contributed by atoms with Crippen LogP contribution in [0.25, 0.3) is 11.1 Å². The molecule has 3 aliphatic heterocycles. The van der Waals surface area contributed by atoms with Gasteiger partial charge >= 0.3 is 6.03 Å². The van der Waals surface area contributed by atoms with Crippen molar-refractivity contribution in [3.05, 3.63) is 54.6 Å². The molecule has 7 heteroatoms. The summed E-state index contributed by atoms with van der Waals surface area (Å²) in [5.41, 5.74) is 3.21. The van der Waals surface area contributed by atoms with Gasteiger partial charge in [0, 0.05) is 57.5 Å². The van der Waals surface area contributed by atoms with Crippen LogP contribution >= 0.6 is 0 Å². The minimum absolute atomic E-state index is 0.0928. The van der Waals surface area contributed by atoms with Crippen molar-refractivity contribution in [1.82, 2.24) is 14.7 Å². The maximum atomic E-state index is 13.6. The maximum Gasteiger partial charge on any atom is 0.320 e. The molecule has 3 heterocycles. The van der Waals surface area contributed by atoms with Crippen LogP contribution in [0.5, 0.6) is 0 Å². The molecule has 0 bridgehead atoms. The zero-order valence-electron chi connectivity index (χ0n) is 22.3. The summed E-state index contributed by atoms with van der Waals surface area (Å²) in [7, 11) is 0. The van der Waals surface area contributed by atoms with Crippen molar-refractivity contribution < 1.29 is 14.7 Å². The average Bonchev–Trinajstić information content (AvgIpc) is 3.28. The molecule has 6 rings (SSSR count). The van der Waals surface area contributed by atoms with E-state index < -0.39 is 5.41 Å². The minimum atomic E-state index is -0.410. The Balaban J connectivity index is 1.04. The van der Waals surface area contributed by atoms with Gasteiger partial charge in [-0.1, -0.05) is 42.5 Å². The zero-order chi connectivity index (χ0) is 26.1. The van der Waals surface area contributed by atoms with E-state index in [-0.39, 0.29) is 24.1 Å². The summed E-state index contributed by atoms with van der Waals surface area (Å²) in [5.74, 6) is 0.250. The van der Waals surface area contributed by atoms with E-state index in [1.54, 1.807) is 0 Å². The van der Waals surface area contributed by atoms with Crippen LogP contribution in [0.15, 0.2) is 54.6 Å². The lowest BCUT2D eigenvalue weighted by Crippen LogP contribution is -2.57. The number of aliphatic hydroxyl groups excluding tert-OH is 1. The van der Waals surface area contributed by atoms with Crippen molar-refractivity contribution in [3.63, 3.8) is 0 Å². The van der Waals surface area contributed by atoms with E-state index in [9.17, 15) is 14.7 Å². The summed E-state index contributed by atoms with van der Waals surface area (Å²) in [6.45, 7) is 5.12. The molecule has 202 valence electrons. The Morgan fingerprint density at radius 2 is 1.45 bits per heavy atom. The van der Waals surface area contributed by atoms with Crippen LogP contribution in [-0.4, -0.2) is 89.7 Å². The lowest BCUT2D eigenvalue weighted by Gasteiger charge is -2.43. The van der Waals surface area contributed by atoms with Gasteiger partial charge in [0.2, 0.25) is 5.91 Å². The van der Waals surface area contributed by atoms with Gasteiger partial charge in [0.1, 0.15) is 0 Å². The van der Waals surface area contributed by atoms with Gasteiger partial charge in [-0.25, -0.2) is 4.79 Å². The monoisotopic (exact) mass is 516 g/mol. The molecule has 2 aromatic carbocycles. The number of rotatable bonds is 3. The van der Waals surface area contributed by atoms with E-state index in [0.29, 0.717) is 19.6 Å². The maximum absolute atomic E-state index is 13.6. The topological polar surface area (TPSA) is 67.3 Å². The van der Waals surface area contributed by atoms with Crippen LogP contribution in [0.1, 0.15) is 44.9 Å². The number of carbonyl (C=O) groups excluding carboxylic acids is 2. The van der Waals surface area contributed by atoms with Crippen molar-refractivity contribution in [2.45, 2.75) is 57.1 Å².